The molecule has 0 spiro atoms. The smallest absolute Gasteiger partial charge is 0.361 e. The molecule has 5 rings (SSSR count). The highest BCUT2D eigenvalue weighted by Crippen LogP contribution is 2.32. The fraction of sp³-hybridized carbons (Fsp3) is 0.372. The first-order valence-corrected chi connectivity index (χ1v) is 17.8. The predicted octanol–water partition coefficient (Wildman–Crippen LogP) is 10.1. The Kier molecular flexibility index (Phi) is 13.1. The fourth-order valence-electron chi connectivity index (χ4n) is 6.86. The van der Waals surface area contributed by atoms with E-state index in [1.165, 1.54) is 36.1 Å². The zero-order chi connectivity index (χ0) is 34.5. The molecule has 1 aliphatic rings. The Balaban J connectivity index is 1.39. The molecule has 0 aliphatic carbocycles. The van der Waals surface area contributed by atoms with Crippen LogP contribution in [-0.4, -0.2) is 34.8 Å². The molecule has 1 saturated heterocycles. The second kappa shape index (κ2) is 17.9. The van der Waals surface area contributed by atoms with Crippen molar-refractivity contribution in [2.24, 2.45) is 5.92 Å². The highest BCUT2D eigenvalue weighted by atomic mass is 19.4. The van der Waals surface area contributed by atoms with E-state index < -0.39 is 17.8 Å². The number of likely N-dealkylation sites (tertiary alicyclic amines) is 1. The first-order valence-electron chi connectivity index (χ1n) is 17.8. The van der Waals surface area contributed by atoms with Crippen molar-refractivity contribution in [3.8, 4) is 0 Å². The highest BCUT2D eigenvalue weighted by Gasteiger charge is 2.33. The lowest BCUT2D eigenvalue weighted by Gasteiger charge is -2.38. The number of nitrogens with zero attached hydrogens (tertiary/aromatic N) is 2. The lowest BCUT2D eigenvalue weighted by atomic mass is 9.89. The number of alkyl halides is 3. The van der Waals surface area contributed by atoms with Crippen LogP contribution >= 0.6 is 0 Å². The number of unbranched alkanes of at least 4 members (excludes halogenated alkanes) is 2. The minimum Gasteiger partial charge on any atom is -0.361 e. The molecule has 0 N–H and O–H groups in total. The molecule has 0 saturated carbocycles. The summed E-state index contributed by atoms with van der Waals surface area (Å²) in [5.41, 5.74) is 4.32. The zero-order valence-corrected chi connectivity index (χ0v) is 28.6. The summed E-state index contributed by atoms with van der Waals surface area (Å²) < 4.78 is 41.4. The molecular weight excluding hydrogens is 617 g/mol. The highest BCUT2D eigenvalue weighted by molar-refractivity contribution is 5.82. The molecular formula is C43H49F3N2O. The summed E-state index contributed by atoms with van der Waals surface area (Å²) in [6.45, 7) is 4.07. The lowest BCUT2D eigenvalue weighted by Crippen LogP contribution is -2.50. The first kappa shape index (κ1) is 36.0. The Hall–Kier alpha value is -4.32. The summed E-state index contributed by atoms with van der Waals surface area (Å²) in [5.74, 6) is 0.595. The topological polar surface area (TPSA) is 23.6 Å². The Bertz CT molecular complexity index is 1590. The van der Waals surface area contributed by atoms with E-state index in [0.29, 0.717) is 32.0 Å². The summed E-state index contributed by atoms with van der Waals surface area (Å²) in [5, 5.41) is 0. The fourth-order valence-corrected chi connectivity index (χ4v) is 6.86. The van der Waals surface area contributed by atoms with Gasteiger partial charge in [0.25, 0.3) is 0 Å². The van der Waals surface area contributed by atoms with Crippen LogP contribution in [0.25, 0.3) is 0 Å². The molecule has 49 heavy (non-hydrogen) atoms. The van der Waals surface area contributed by atoms with Crippen molar-refractivity contribution in [2.45, 2.75) is 83.5 Å². The van der Waals surface area contributed by atoms with E-state index in [1.807, 2.05) is 52.4 Å². The molecule has 1 aliphatic heterocycles. The van der Waals surface area contributed by atoms with Gasteiger partial charge < -0.3 is 9.80 Å². The summed E-state index contributed by atoms with van der Waals surface area (Å²) in [6.07, 6.45) is 7.29. The maximum absolute atomic E-state index is 14.5. The summed E-state index contributed by atoms with van der Waals surface area (Å²) in [4.78, 5) is 18.6. The minimum atomic E-state index is -4.43. The van der Waals surface area contributed by atoms with E-state index in [0.717, 1.165) is 49.3 Å². The SMILES string of the molecule is CCCCCc1ccc(CN(C=CCc2ccccc2C(F)(F)F)[C@@H](Cc2ccccc2)C(=O)N2CCC(Cc3ccccc3)CC2)cc1. The maximum Gasteiger partial charge on any atom is 0.416 e. The van der Waals surface area contributed by atoms with Gasteiger partial charge in [-0.15, -0.1) is 0 Å². The van der Waals surface area contributed by atoms with Gasteiger partial charge in [-0.25, -0.2) is 0 Å². The van der Waals surface area contributed by atoms with Gasteiger partial charge in [-0.05, 0) is 84.5 Å². The van der Waals surface area contributed by atoms with Crippen LogP contribution in [0, 0.1) is 5.92 Å². The van der Waals surface area contributed by atoms with E-state index in [2.05, 4.69) is 55.5 Å². The van der Waals surface area contributed by atoms with Gasteiger partial charge in [-0.1, -0.05) is 129 Å². The molecule has 6 heteroatoms. The summed E-state index contributed by atoms with van der Waals surface area (Å²) >= 11 is 0. The van der Waals surface area contributed by atoms with E-state index in [-0.39, 0.29) is 17.9 Å². The van der Waals surface area contributed by atoms with Gasteiger partial charge in [-0.2, -0.15) is 13.2 Å². The molecule has 1 amide bonds. The van der Waals surface area contributed by atoms with Gasteiger partial charge in [0.1, 0.15) is 6.04 Å². The van der Waals surface area contributed by atoms with Gasteiger partial charge in [0.15, 0.2) is 0 Å². The van der Waals surface area contributed by atoms with E-state index in [9.17, 15) is 18.0 Å². The van der Waals surface area contributed by atoms with E-state index >= 15 is 0 Å². The minimum absolute atomic E-state index is 0.0681. The lowest BCUT2D eigenvalue weighted by molar-refractivity contribution is -0.138. The van der Waals surface area contributed by atoms with Crippen molar-refractivity contribution in [3.05, 3.63) is 155 Å². The third kappa shape index (κ3) is 10.8. The molecule has 258 valence electrons. The van der Waals surface area contributed by atoms with Crippen molar-refractivity contribution in [2.75, 3.05) is 13.1 Å². The Morgan fingerprint density at radius 3 is 2.06 bits per heavy atom. The predicted molar refractivity (Wildman–Crippen MR) is 193 cm³/mol. The number of rotatable bonds is 15. The van der Waals surface area contributed by atoms with Crippen molar-refractivity contribution in [1.82, 2.24) is 9.80 Å². The second-order valence-electron chi connectivity index (χ2n) is 13.4. The van der Waals surface area contributed by atoms with Crippen LogP contribution in [0.15, 0.2) is 121 Å². The average Bonchev–Trinajstić information content (AvgIpc) is 3.12. The van der Waals surface area contributed by atoms with Crippen molar-refractivity contribution < 1.29 is 18.0 Å². The van der Waals surface area contributed by atoms with Gasteiger partial charge >= 0.3 is 6.18 Å². The first-order chi connectivity index (χ1) is 23.8. The Morgan fingerprint density at radius 1 is 0.796 bits per heavy atom. The van der Waals surface area contributed by atoms with Crippen molar-refractivity contribution >= 4 is 5.91 Å². The van der Waals surface area contributed by atoms with Gasteiger partial charge in [0.05, 0.1) is 5.56 Å². The number of hydrogen-bond acceptors (Lipinski definition) is 2. The van der Waals surface area contributed by atoms with Crippen LogP contribution in [-0.2, 0) is 43.2 Å². The van der Waals surface area contributed by atoms with Gasteiger partial charge in [0, 0.05) is 26.1 Å². The van der Waals surface area contributed by atoms with Crippen molar-refractivity contribution in [1.29, 1.82) is 0 Å². The molecule has 1 atom stereocenters. The average molecular weight is 667 g/mol. The third-order valence-electron chi connectivity index (χ3n) is 9.67. The number of benzene rings is 4. The number of amides is 1. The normalized spacial score (nSPS) is 14.7. The number of allylic oxidation sites excluding steroid dienone is 1. The van der Waals surface area contributed by atoms with Crippen LogP contribution in [0.3, 0.4) is 0 Å². The quantitative estimate of drug-likeness (QED) is 0.118. The molecule has 1 heterocycles. The third-order valence-corrected chi connectivity index (χ3v) is 9.67. The molecule has 0 aromatic heterocycles. The molecule has 1 fully saturated rings. The van der Waals surface area contributed by atoms with Crippen LogP contribution in [0.4, 0.5) is 13.2 Å². The maximum atomic E-state index is 14.5. The largest absolute Gasteiger partial charge is 0.416 e. The molecule has 0 unspecified atom stereocenters. The number of piperidine rings is 1. The number of hydrogen-bond donors (Lipinski definition) is 0. The van der Waals surface area contributed by atoms with Crippen LogP contribution in [0.5, 0.6) is 0 Å². The number of carbonyl (C=O) groups is 1. The van der Waals surface area contributed by atoms with Crippen molar-refractivity contribution in [3.63, 3.8) is 0 Å². The number of carbonyl (C=O) groups excluding carboxylic acids is 1. The Labute approximate surface area is 290 Å². The second-order valence-corrected chi connectivity index (χ2v) is 13.4. The number of aryl methyl sites for hydroxylation is 1. The van der Waals surface area contributed by atoms with Gasteiger partial charge in [-0.3, -0.25) is 4.79 Å². The van der Waals surface area contributed by atoms with Gasteiger partial charge in [0.2, 0.25) is 5.91 Å². The monoisotopic (exact) mass is 666 g/mol. The molecule has 4 aromatic rings. The molecule has 3 nitrogen and oxygen atoms in total. The van der Waals surface area contributed by atoms with E-state index in [1.54, 1.807) is 12.1 Å². The number of halogens is 3. The molecule has 4 aromatic carbocycles. The van der Waals surface area contributed by atoms with Crippen LogP contribution in [0.1, 0.15) is 72.4 Å². The standard InChI is InChI=1S/C43H49F3N2O/c1-2-3-6-14-34-22-24-38(25-23-34)33-48(28-13-20-39-19-11-12-21-40(39)43(44,45)46)41(32-36-17-9-5-10-18-36)42(49)47-29-26-37(27-30-47)31-35-15-7-4-8-16-35/h4-5,7-13,15-19,21-25,28,37,41H,2-3,6,14,20,26-27,29-33H2,1H3/t41-/m0/s1. The summed E-state index contributed by atoms with van der Waals surface area (Å²) in [6, 6.07) is 34.3. The molecule has 0 bridgehead atoms. The van der Waals surface area contributed by atoms with Crippen LogP contribution < -0.4 is 0 Å². The zero-order valence-electron chi connectivity index (χ0n) is 28.6. The summed E-state index contributed by atoms with van der Waals surface area (Å²) in [7, 11) is 0. The van der Waals surface area contributed by atoms with E-state index in [4.69, 9.17) is 0 Å². The Morgan fingerprint density at radius 2 is 1.41 bits per heavy atom. The molecule has 0 radical (unpaired) electrons. The van der Waals surface area contributed by atoms with Crippen LogP contribution in [0.2, 0.25) is 0 Å².